The highest BCUT2D eigenvalue weighted by atomic mass is 35.5. The maximum Gasteiger partial charge on any atom is 0.244 e. The van der Waals surface area contributed by atoms with Crippen LogP contribution in [0.1, 0.15) is 37.1 Å². The standard InChI is InChI=1S/C18H25ClN4O2S/c1-3-23-13-18(14(2)21-23)26(24,25)20-12-17(22-10-6-7-11-22)15-8-4-5-9-16(15)19/h4-5,8-9,13,17,20H,3,6-7,10-12H2,1-2H3/t17-/m1/s1. The third-order valence-electron chi connectivity index (χ3n) is 4.83. The summed E-state index contributed by atoms with van der Waals surface area (Å²) < 4.78 is 30.0. The van der Waals surface area contributed by atoms with Crippen molar-refractivity contribution in [1.29, 1.82) is 0 Å². The van der Waals surface area contributed by atoms with E-state index in [-0.39, 0.29) is 17.5 Å². The normalized spacial score (nSPS) is 16.9. The van der Waals surface area contributed by atoms with Gasteiger partial charge in [-0.25, -0.2) is 13.1 Å². The zero-order chi connectivity index (χ0) is 18.7. The average Bonchev–Trinajstić information content (AvgIpc) is 3.26. The second-order valence-corrected chi connectivity index (χ2v) is 8.71. The fourth-order valence-electron chi connectivity index (χ4n) is 3.43. The van der Waals surface area contributed by atoms with E-state index < -0.39 is 10.0 Å². The molecule has 1 atom stereocenters. The van der Waals surface area contributed by atoms with Crippen LogP contribution in [0.25, 0.3) is 0 Å². The largest absolute Gasteiger partial charge is 0.295 e. The van der Waals surface area contributed by atoms with Crippen LogP contribution in [0.5, 0.6) is 0 Å². The van der Waals surface area contributed by atoms with Gasteiger partial charge in [-0.3, -0.25) is 9.58 Å². The molecule has 1 fully saturated rings. The molecule has 1 saturated heterocycles. The first-order valence-electron chi connectivity index (χ1n) is 8.94. The summed E-state index contributed by atoms with van der Waals surface area (Å²) in [4.78, 5) is 2.53. The zero-order valence-electron chi connectivity index (χ0n) is 15.2. The molecule has 6 nitrogen and oxygen atoms in total. The lowest BCUT2D eigenvalue weighted by Gasteiger charge is -2.28. The minimum Gasteiger partial charge on any atom is -0.295 e. The molecule has 142 valence electrons. The first-order chi connectivity index (χ1) is 12.4. The van der Waals surface area contributed by atoms with Crippen molar-refractivity contribution in [2.45, 2.75) is 44.2 Å². The molecule has 26 heavy (non-hydrogen) atoms. The molecule has 1 aromatic heterocycles. The van der Waals surface area contributed by atoms with Crippen LogP contribution in [0, 0.1) is 6.92 Å². The van der Waals surface area contributed by atoms with Gasteiger partial charge >= 0.3 is 0 Å². The number of nitrogens with zero attached hydrogens (tertiary/aromatic N) is 3. The van der Waals surface area contributed by atoms with Crippen LogP contribution in [0.4, 0.5) is 0 Å². The Morgan fingerprint density at radius 2 is 1.96 bits per heavy atom. The summed E-state index contributed by atoms with van der Waals surface area (Å²) in [6.07, 6.45) is 3.82. The van der Waals surface area contributed by atoms with Gasteiger partial charge in [0.15, 0.2) is 0 Å². The Balaban J connectivity index is 1.83. The Kier molecular flexibility index (Phi) is 6.02. The lowest BCUT2D eigenvalue weighted by molar-refractivity contribution is 0.246. The maximum absolute atomic E-state index is 12.8. The monoisotopic (exact) mass is 396 g/mol. The Morgan fingerprint density at radius 1 is 1.27 bits per heavy atom. The van der Waals surface area contributed by atoms with Gasteiger partial charge in [0, 0.05) is 30.4 Å². The van der Waals surface area contributed by atoms with Gasteiger partial charge in [-0.1, -0.05) is 29.8 Å². The van der Waals surface area contributed by atoms with Crippen molar-refractivity contribution in [2.75, 3.05) is 19.6 Å². The van der Waals surface area contributed by atoms with Gasteiger partial charge in [-0.15, -0.1) is 0 Å². The molecule has 2 heterocycles. The molecule has 0 bridgehead atoms. The molecule has 0 unspecified atom stereocenters. The van der Waals surface area contributed by atoms with E-state index in [0.29, 0.717) is 17.3 Å². The number of hydrogen-bond acceptors (Lipinski definition) is 4. The highest BCUT2D eigenvalue weighted by molar-refractivity contribution is 7.89. The van der Waals surface area contributed by atoms with E-state index in [1.165, 1.54) is 0 Å². The molecule has 2 aromatic rings. The predicted octanol–water partition coefficient (Wildman–Crippen LogP) is 2.98. The topological polar surface area (TPSA) is 67.2 Å². The van der Waals surface area contributed by atoms with Gasteiger partial charge < -0.3 is 0 Å². The fourth-order valence-corrected chi connectivity index (χ4v) is 4.91. The zero-order valence-corrected chi connectivity index (χ0v) is 16.7. The SMILES string of the molecule is CCn1cc(S(=O)(=O)NC[C@H](c2ccccc2Cl)N2CCCC2)c(C)n1. The molecule has 8 heteroatoms. The lowest BCUT2D eigenvalue weighted by Crippen LogP contribution is -2.37. The Bertz CT molecular complexity index is 860. The smallest absolute Gasteiger partial charge is 0.244 e. The number of sulfonamides is 1. The van der Waals surface area contributed by atoms with Crippen molar-refractivity contribution in [1.82, 2.24) is 19.4 Å². The number of halogens is 1. The van der Waals surface area contributed by atoms with E-state index in [4.69, 9.17) is 11.6 Å². The Hall–Kier alpha value is -1.41. The van der Waals surface area contributed by atoms with E-state index in [0.717, 1.165) is 31.5 Å². The molecule has 3 rings (SSSR count). The summed E-state index contributed by atoms with van der Waals surface area (Å²) in [5.74, 6) is 0. The molecule has 0 saturated carbocycles. The van der Waals surface area contributed by atoms with Crippen LogP contribution < -0.4 is 4.72 Å². The highest BCUT2D eigenvalue weighted by Crippen LogP contribution is 2.30. The fraction of sp³-hybridized carbons (Fsp3) is 0.500. The number of likely N-dealkylation sites (tertiary alicyclic amines) is 1. The predicted molar refractivity (Wildman–Crippen MR) is 103 cm³/mol. The van der Waals surface area contributed by atoms with Crippen molar-refractivity contribution < 1.29 is 8.42 Å². The molecule has 0 spiro atoms. The number of benzene rings is 1. The highest BCUT2D eigenvalue weighted by Gasteiger charge is 2.28. The van der Waals surface area contributed by atoms with Crippen LogP contribution in [0.2, 0.25) is 5.02 Å². The Labute approximate surface area is 160 Å². The number of aryl methyl sites for hydroxylation is 2. The quantitative estimate of drug-likeness (QED) is 0.781. The molecule has 0 radical (unpaired) electrons. The summed E-state index contributed by atoms with van der Waals surface area (Å²) in [5, 5.41) is 4.90. The molecule has 0 aliphatic carbocycles. The third-order valence-corrected chi connectivity index (χ3v) is 6.70. The van der Waals surface area contributed by atoms with Crippen molar-refractivity contribution in [2.24, 2.45) is 0 Å². The summed E-state index contributed by atoms with van der Waals surface area (Å²) in [7, 11) is -3.63. The third kappa shape index (κ3) is 4.11. The average molecular weight is 397 g/mol. The number of rotatable bonds is 7. The van der Waals surface area contributed by atoms with Crippen LogP contribution >= 0.6 is 11.6 Å². The van der Waals surface area contributed by atoms with E-state index in [1.54, 1.807) is 17.8 Å². The van der Waals surface area contributed by atoms with Gasteiger partial charge in [0.1, 0.15) is 4.90 Å². The lowest BCUT2D eigenvalue weighted by atomic mass is 10.1. The summed E-state index contributed by atoms with van der Waals surface area (Å²) >= 11 is 6.39. The molecular weight excluding hydrogens is 372 g/mol. The molecule has 1 aromatic carbocycles. The van der Waals surface area contributed by atoms with Crippen LogP contribution in [0.3, 0.4) is 0 Å². The molecule has 1 N–H and O–H groups in total. The van der Waals surface area contributed by atoms with Gasteiger partial charge in [0.2, 0.25) is 10.0 Å². The van der Waals surface area contributed by atoms with E-state index >= 15 is 0 Å². The van der Waals surface area contributed by atoms with Crippen molar-refractivity contribution in [3.63, 3.8) is 0 Å². The number of nitrogens with one attached hydrogen (secondary N) is 1. The molecular formula is C18H25ClN4O2S. The first kappa shape index (κ1) is 19.4. The first-order valence-corrected chi connectivity index (χ1v) is 10.8. The summed E-state index contributed by atoms with van der Waals surface area (Å²) in [6, 6.07) is 7.57. The number of aromatic nitrogens is 2. The number of hydrogen-bond donors (Lipinski definition) is 1. The summed E-state index contributed by atoms with van der Waals surface area (Å²) in [6.45, 7) is 6.45. The van der Waals surface area contributed by atoms with Crippen molar-refractivity contribution in [3.05, 3.63) is 46.7 Å². The van der Waals surface area contributed by atoms with E-state index in [2.05, 4.69) is 14.7 Å². The second kappa shape index (κ2) is 8.08. The van der Waals surface area contributed by atoms with Gasteiger partial charge in [0.05, 0.1) is 5.69 Å². The summed E-state index contributed by atoms with van der Waals surface area (Å²) in [5.41, 5.74) is 1.47. The molecule has 1 aliphatic heterocycles. The van der Waals surface area contributed by atoms with Gasteiger partial charge in [-0.2, -0.15) is 5.10 Å². The van der Waals surface area contributed by atoms with Gasteiger partial charge in [0.25, 0.3) is 0 Å². The molecule has 1 aliphatic rings. The maximum atomic E-state index is 12.8. The Morgan fingerprint density at radius 3 is 2.58 bits per heavy atom. The van der Waals surface area contributed by atoms with E-state index in [9.17, 15) is 8.42 Å². The van der Waals surface area contributed by atoms with Gasteiger partial charge in [-0.05, 0) is 51.4 Å². The van der Waals surface area contributed by atoms with Crippen LogP contribution in [0.15, 0.2) is 35.4 Å². The minimum atomic E-state index is -3.63. The second-order valence-electron chi connectivity index (χ2n) is 6.57. The van der Waals surface area contributed by atoms with Crippen molar-refractivity contribution in [3.8, 4) is 0 Å². The minimum absolute atomic E-state index is 0.0810. The molecule has 0 amide bonds. The van der Waals surface area contributed by atoms with Crippen LogP contribution in [-0.2, 0) is 16.6 Å². The van der Waals surface area contributed by atoms with Crippen molar-refractivity contribution >= 4 is 21.6 Å². The van der Waals surface area contributed by atoms with Crippen LogP contribution in [-0.4, -0.2) is 42.7 Å². The van der Waals surface area contributed by atoms with E-state index in [1.807, 2.05) is 31.2 Å².